The van der Waals surface area contributed by atoms with Crippen LogP contribution in [-0.4, -0.2) is 11.5 Å². The molecule has 0 spiro atoms. The summed E-state index contributed by atoms with van der Waals surface area (Å²) in [7, 11) is 0. The summed E-state index contributed by atoms with van der Waals surface area (Å²) in [5.74, 6) is 2.49. The fraction of sp³-hybridized carbons (Fsp3) is 0.556. The molecule has 0 heterocycles. The van der Waals surface area contributed by atoms with Crippen molar-refractivity contribution in [2.24, 2.45) is 0 Å². The van der Waals surface area contributed by atoms with Crippen molar-refractivity contribution in [3.63, 3.8) is 0 Å². The fourth-order valence-electron chi connectivity index (χ4n) is 0.948. The average Bonchev–Trinajstić information content (AvgIpc) is 2.41. The minimum absolute atomic E-state index is 0. The smallest absolute Gasteiger partial charge is 1.00 e. The Morgan fingerprint density at radius 2 is 2.15 bits per heavy atom. The van der Waals surface area contributed by atoms with Gasteiger partial charge in [0.05, 0.1) is 0 Å². The molecule has 73 valence electrons. The molecule has 1 aliphatic carbocycles. The molecule has 1 aliphatic rings. The van der Waals surface area contributed by atoms with Crippen LogP contribution in [0.2, 0.25) is 0 Å². The normalized spacial score (nSPS) is 12.2. The summed E-state index contributed by atoms with van der Waals surface area (Å²) in [6.07, 6.45) is 9.91. The predicted octanol–water partition coefficient (Wildman–Crippen LogP) is -3.18. The van der Waals surface area contributed by atoms with Gasteiger partial charge in [-0.15, -0.1) is 6.42 Å². The average molecular weight is 272 g/mol. The second kappa shape index (κ2) is 13.1. The van der Waals surface area contributed by atoms with Gasteiger partial charge in [-0.1, -0.05) is 13.3 Å². The molecule has 1 rings (SSSR count). The minimum atomic E-state index is 0. The molecule has 0 N–H and O–H groups in total. The largest absolute Gasteiger partial charge is 3.00 e. The van der Waals surface area contributed by atoms with Gasteiger partial charge in [-0.25, -0.2) is 11.6 Å². The minimum Gasteiger partial charge on any atom is -1.00 e. The number of allylic oxidation sites excluding steroid dienone is 4. The van der Waals surface area contributed by atoms with Crippen molar-refractivity contribution in [2.75, 3.05) is 11.5 Å². The quantitative estimate of drug-likeness (QED) is 0.295. The molecule has 0 saturated heterocycles. The summed E-state index contributed by atoms with van der Waals surface area (Å²) in [5, 5.41) is 0. The van der Waals surface area contributed by atoms with Crippen LogP contribution in [0.4, 0.5) is 0 Å². The zero-order valence-electron chi connectivity index (χ0n) is 7.65. The van der Waals surface area contributed by atoms with E-state index < -0.39 is 0 Å². The molecular formula is C9H13Cl2STi. The van der Waals surface area contributed by atoms with Crippen molar-refractivity contribution in [3.8, 4) is 0 Å². The predicted molar refractivity (Wildman–Crippen MR) is 48.1 cm³/mol. The molecule has 0 nitrogen and oxygen atoms in total. The Morgan fingerprint density at radius 3 is 2.62 bits per heavy atom. The van der Waals surface area contributed by atoms with Gasteiger partial charge in [0.1, 0.15) is 0 Å². The van der Waals surface area contributed by atoms with Crippen LogP contribution in [0.25, 0.3) is 0 Å². The summed E-state index contributed by atoms with van der Waals surface area (Å²) in [5.41, 5.74) is 1.40. The van der Waals surface area contributed by atoms with Gasteiger partial charge in [0.15, 0.2) is 0 Å². The molecule has 0 aliphatic heterocycles. The van der Waals surface area contributed by atoms with Crippen LogP contribution in [0.1, 0.15) is 19.8 Å². The van der Waals surface area contributed by atoms with E-state index in [-0.39, 0.29) is 46.5 Å². The summed E-state index contributed by atoms with van der Waals surface area (Å²) in [4.78, 5) is 0. The van der Waals surface area contributed by atoms with Crippen LogP contribution in [0, 0.1) is 6.08 Å². The van der Waals surface area contributed by atoms with Crippen LogP contribution >= 0.6 is 11.8 Å². The topological polar surface area (TPSA) is 0 Å². The first kappa shape index (κ1) is 19.7. The van der Waals surface area contributed by atoms with Gasteiger partial charge in [-0.3, -0.25) is 6.08 Å². The second-order valence-electron chi connectivity index (χ2n) is 2.26. The van der Waals surface area contributed by atoms with Gasteiger partial charge in [-0.2, -0.15) is 17.8 Å². The summed E-state index contributed by atoms with van der Waals surface area (Å²) < 4.78 is 0. The first-order valence-corrected chi connectivity index (χ1v) is 4.93. The van der Waals surface area contributed by atoms with Crippen molar-refractivity contribution in [1.29, 1.82) is 0 Å². The molecule has 4 heteroatoms. The van der Waals surface area contributed by atoms with Gasteiger partial charge in [0, 0.05) is 0 Å². The molecule has 13 heavy (non-hydrogen) atoms. The van der Waals surface area contributed by atoms with E-state index >= 15 is 0 Å². The zero-order chi connectivity index (χ0) is 7.23. The summed E-state index contributed by atoms with van der Waals surface area (Å²) in [6.45, 7) is 2.20. The van der Waals surface area contributed by atoms with Gasteiger partial charge in [0.25, 0.3) is 0 Å². The summed E-state index contributed by atoms with van der Waals surface area (Å²) in [6, 6.07) is 0. The Balaban J connectivity index is -0.000000333. The Morgan fingerprint density at radius 1 is 1.46 bits per heavy atom. The maximum atomic E-state index is 3.31. The van der Waals surface area contributed by atoms with Crippen LogP contribution in [0.15, 0.2) is 17.7 Å². The molecule has 0 aromatic rings. The molecule has 0 saturated carbocycles. The molecule has 0 bridgehead atoms. The number of rotatable bonds is 4. The Bertz CT molecular complexity index is 158. The number of hydrogen-bond acceptors (Lipinski definition) is 1. The molecule has 1 radical (unpaired) electrons. The van der Waals surface area contributed by atoms with Gasteiger partial charge >= 0.3 is 21.7 Å². The van der Waals surface area contributed by atoms with Crippen LogP contribution < -0.4 is 24.8 Å². The van der Waals surface area contributed by atoms with Crippen molar-refractivity contribution >= 4 is 11.8 Å². The number of halogens is 2. The van der Waals surface area contributed by atoms with Crippen molar-refractivity contribution < 1.29 is 46.5 Å². The van der Waals surface area contributed by atoms with E-state index in [1.807, 2.05) is 11.8 Å². The van der Waals surface area contributed by atoms with E-state index in [1.54, 1.807) is 0 Å². The van der Waals surface area contributed by atoms with E-state index in [9.17, 15) is 0 Å². The van der Waals surface area contributed by atoms with Crippen LogP contribution in [-0.2, 0) is 21.7 Å². The zero-order valence-corrected chi connectivity index (χ0v) is 11.5. The maximum Gasteiger partial charge on any atom is 3.00 e. The van der Waals surface area contributed by atoms with Crippen molar-refractivity contribution in [3.05, 3.63) is 23.8 Å². The van der Waals surface area contributed by atoms with E-state index in [0.717, 1.165) is 6.42 Å². The monoisotopic (exact) mass is 271 g/mol. The molecule has 0 atom stereocenters. The van der Waals surface area contributed by atoms with Gasteiger partial charge in [0.2, 0.25) is 0 Å². The van der Waals surface area contributed by atoms with Crippen LogP contribution in [0.5, 0.6) is 0 Å². The molecule has 0 fully saturated rings. The molecular weight excluding hydrogens is 259 g/mol. The molecule has 0 amide bonds. The summed E-state index contributed by atoms with van der Waals surface area (Å²) >= 11 is 2.00. The SMILES string of the molecule is CCSCCC1=[C-]CC=C1.[Cl-].[Cl-].[Ti+3]. The Labute approximate surface area is 113 Å². The van der Waals surface area contributed by atoms with Crippen molar-refractivity contribution in [1.82, 2.24) is 0 Å². The standard InChI is InChI=1S/C9H13S.2ClH.Ti/c1-2-10-8-7-9-5-3-4-6-9;;;/h3,5H,2,4,7-8H2,1H3;2*1H;/q-1;;;+3/p-2. The second-order valence-corrected chi connectivity index (χ2v) is 3.65. The Hall–Kier alpha value is 1.12. The first-order valence-electron chi connectivity index (χ1n) is 3.77. The van der Waals surface area contributed by atoms with E-state index in [2.05, 4.69) is 25.2 Å². The maximum absolute atomic E-state index is 3.31. The third-order valence-corrected chi connectivity index (χ3v) is 2.39. The number of thioether (sulfide) groups is 1. The molecule has 0 aromatic carbocycles. The number of hydrogen-bond donors (Lipinski definition) is 0. The van der Waals surface area contributed by atoms with Crippen LogP contribution in [0.3, 0.4) is 0 Å². The van der Waals surface area contributed by atoms with Gasteiger partial charge < -0.3 is 24.8 Å². The van der Waals surface area contributed by atoms with E-state index in [4.69, 9.17) is 0 Å². The first-order chi connectivity index (χ1) is 4.93. The Kier molecular flexibility index (Phi) is 19.8. The fourth-order valence-corrected chi connectivity index (χ4v) is 1.60. The third kappa shape index (κ3) is 9.43. The van der Waals surface area contributed by atoms with E-state index in [1.165, 1.54) is 23.5 Å². The third-order valence-electron chi connectivity index (χ3n) is 1.49. The molecule has 0 unspecified atom stereocenters. The van der Waals surface area contributed by atoms with Gasteiger partial charge in [-0.05, 0) is 11.5 Å². The van der Waals surface area contributed by atoms with Crippen molar-refractivity contribution in [2.45, 2.75) is 19.8 Å². The molecule has 0 aromatic heterocycles. The van der Waals surface area contributed by atoms with E-state index in [0.29, 0.717) is 0 Å².